The number of rotatable bonds is 4. The lowest BCUT2D eigenvalue weighted by Crippen LogP contribution is -2.04. The van der Waals surface area contributed by atoms with E-state index in [9.17, 15) is 17.6 Å². The SMILES string of the molecule is Cc1ccc(NCc2nc(-c3ccc(C(F)(F)F)cc3)no2)c(F)c1. The molecule has 0 aliphatic heterocycles. The first-order valence-corrected chi connectivity index (χ1v) is 7.33. The van der Waals surface area contributed by atoms with Gasteiger partial charge in [0.25, 0.3) is 0 Å². The molecule has 8 heteroatoms. The summed E-state index contributed by atoms with van der Waals surface area (Å²) < 4.78 is 56.4. The van der Waals surface area contributed by atoms with Gasteiger partial charge in [0.05, 0.1) is 17.8 Å². The Hall–Kier alpha value is -2.90. The number of nitrogens with zero attached hydrogens (tertiary/aromatic N) is 2. The van der Waals surface area contributed by atoms with Gasteiger partial charge in [0.2, 0.25) is 11.7 Å². The zero-order valence-corrected chi connectivity index (χ0v) is 13.1. The van der Waals surface area contributed by atoms with Crippen molar-refractivity contribution in [1.29, 1.82) is 0 Å². The molecule has 0 unspecified atom stereocenters. The maximum absolute atomic E-state index is 13.7. The number of aromatic nitrogens is 2. The predicted molar refractivity (Wildman–Crippen MR) is 83.2 cm³/mol. The van der Waals surface area contributed by atoms with Crippen molar-refractivity contribution in [3.8, 4) is 11.4 Å². The van der Waals surface area contributed by atoms with Crippen LogP contribution in [0.4, 0.5) is 23.2 Å². The van der Waals surface area contributed by atoms with Crippen molar-refractivity contribution in [3.63, 3.8) is 0 Å². The van der Waals surface area contributed by atoms with Crippen LogP contribution in [0.15, 0.2) is 47.0 Å². The number of halogens is 4. The average Bonchev–Trinajstić information content (AvgIpc) is 3.02. The maximum atomic E-state index is 13.7. The zero-order valence-electron chi connectivity index (χ0n) is 13.1. The van der Waals surface area contributed by atoms with E-state index in [2.05, 4.69) is 15.5 Å². The Morgan fingerprint density at radius 3 is 2.44 bits per heavy atom. The summed E-state index contributed by atoms with van der Waals surface area (Å²) in [5.74, 6) is -0.0488. The number of anilines is 1. The van der Waals surface area contributed by atoms with Crippen molar-refractivity contribution in [2.45, 2.75) is 19.6 Å². The Balaban J connectivity index is 1.70. The molecule has 0 atom stereocenters. The molecular weight excluding hydrogens is 338 g/mol. The Bertz CT molecular complexity index is 872. The molecule has 4 nitrogen and oxygen atoms in total. The van der Waals surface area contributed by atoms with Gasteiger partial charge >= 0.3 is 6.18 Å². The lowest BCUT2D eigenvalue weighted by molar-refractivity contribution is -0.137. The van der Waals surface area contributed by atoms with Crippen LogP contribution in [0.1, 0.15) is 17.0 Å². The molecule has 0 saturated carbocycles. The fourth-order valence-corrected chi connectivity index (χ4v) is 2.19. The summed E-state index contributed by atoms with van der Waals surface area (Å²) >= 11 is 0. The number of nitrogens with one attached hydrogen (secondary N) is 1. The van der Waals surface area contributed by atoms with Crippen LogP contribution in [0.5, 0.6) is 0 Å². The van der Waals surface area contributed by atoms with Crippen LogP contribution in [0.25, 0.3) is 11.4 Å². The summed E-state index contributed by atoms with van der Waals surface area (Å²) in [6.45, 7) is 1.87. The molecule has 1 N–H and O–H groups in total. The molecule has 0 radical (unpaired) electrons. The molecule has 0 amide bonds. The first kappa shape index (κ1) is 16.9. The highest BCUT2D eigenvalue weighted by Gasteiger charge is 2.30. The number of alkyl halides is 3. The van der Waals surface area contributed by atoms with Crippen molar-refractivity contribution in [1.82, 2.24) is 10.1 Å². The summed E-state index contributed by atoms with van der Waals surface area (Å²) in [5, 5.41) is 6.56. The molecule has 0 fully saturated rings. The highest BCUT2D eigenvalue weighted by atomic mass is 19.4. The van der Waals surface area contributed by atoms with Crippen molar-refractivity contribution in [2.24, 2.45) is 0 Å². The van der Waals surface area contributed by atoms with Gasteiger partial charge in [-0.2, -0.15) is 18.2 Å². The van der Waals surface area contributed by atoms with Crippen molar-refractivity contribution in [2.75, 3.05) is 5.32 Å². The molecule has 0 saturated heterocycles. The van der Waals surface area contributed by atoms with Gasteiger partial charge in [0, 0.05) is 5.56 Å². The number of benzene rings is 2. The highest BCUT2D eigenvalue weighted by Crippen LogP contribution is 2.30. The second kappa shape index (κ2) is 6.54. The van der Waals surface area contributed by atoms with Gasteiger partial charge < -0.3 is 9.84 Å². The first-order valence-electron chi connectivity index (χ1n) is 7.33. The van der Waals surface area contributed by atoms with E-state index in [-0.39, 0.29) is 18.3 Å². The van der Waals surface area contributed by atoms with E-state index in [0.29, 0.717) is 11.3 Å². The smallest absolute Gasteiger partial charge is 0.374 e. The van der Waals surface area contributed by atoms with Gasteiger partial charge in [-0.1, -0.05) is 23.4 Å². The van der Waals surface area contributed by atoms with Crippen LogP contribution in [0.2, 0.25) is 0 Å². The quantitative estimate of drug-likeness (QED) is 0.685. The van der Waals surface area contributed by atoms with E-state index in [1.807, 2.05) is 0 Å². The molecule has 25 heavy (non-hydrogen) atoms. The second-order valence-electron chi connectivity index (χ2n) is 5.42. The highest BCUT2D eigenvalue weighted by molar-refractivity contribution is 5.55. The minimum absolute atomic E-state index is 0.0909. The average molecular weight is 351 g/mol. The van der Waals surface area contributed by atoms with Gasteiger partial charge in [0.15, 0.2) is 0 Å². The van der Waals surface area contributed by atoms with Gasteiger partial charge in [-0.25, -0.2) is 4.39 Å². The first-order chi connectivity index (χ1) is 11.8. The lowest BCUT2D eigenvalue weighted by atomic mass is 10.1. The minimum Gasteiger partial charge on any atom is -0.374 e. The minimum atomic E-state index is -4.40. The number of hydrogen-bond acceptors (Lipinski definition) is 4. The monoisotopic (exact) mass is 351 g/mol. The maximum Gasteiger partial charge on any atom is 0.416 e. The van der Waals surface area contributed by atoms with Crippen LogP contribution in [0.3, 0.4) is 0 Å². The Morgan fingerprint density at radius 1 is 1.08 bits per heavy atom. The summed E-state index contributed by atoms with van der Waals surface area (Å²) in [6, 6.07) is 9.18. The van der Waals surface area contributed by atoms with Crippen molar-refractivity contribution >= 4 is 5.69 Å². The van der Waals surface area contributed by atoms with E-state index in [1.54, 1.807) is 19.1 Å². The molecule has 1 heterocycles. The Labute approximate surface area is 140 Å². The Morgan fingerprint density at radius 2 is 1.80 bits per heavy atom. The van der Waals surface area contributed by atoms with E-state index in [1.165, 1.54) is 18.2 Å². The normalized spacial score (nSPS) is 11.6. The molecule has 0 bridgehead atoms. The van der Waals surface area contributed by atoms with Gasteiger partial charge in [-0.15, -0.1) is 0 Å². The predicted octanol–water partition coefficient (Wildman–Crippen LogP) is 4.82. The van der Waals surface area contributed by atoms with Gasteiger partial charge in [-0.3, -0.25) is 0 Å². The molecule has 3 aromatic rings. The molecule has 2 aromatic carbocycles. The molecule has 0 spiro atoms. The zero-order chi connectivity index (χ0) is 18.0. The van der Waals surface area contributed by atoms with Gasteiger partial charge in [-0.05, 0) is 36.8 Å². The summed E-state index contributed by atoms with van der Waals surface area (Å²) in [6.07, 6.45) is -4.40. The van der Waals surface area contributed by atoms with Gasteiger partial charge in [0.1, 0.15) is 5.82 Å². The Kier molecular flexibility index (Phi) is 4.43. The summed E-state index contributed by atoms with van der Waals surface area (Å²) in [4.78, 5) is 4.09. The van der Waals surface area contributed by atoms with Crippen LogP contribution in [0, 0.1) is 12.7 Å². The fourth-order valence-electron chi connectivity index (χ4n) is 2.19. The second-order valence-corrected chi connectivity index (χ2v) is 5.42. The summed E-state index contributed by atoms with van der Waals surface area (Å²) in [5.41, 5.74) is 0.728. The van der Waals surface area contributed by atoms with Crippen LogP contribution in [-0.2, 0) is 12.7 Å². The van der Waals surface area contributed by atoms with Crippen LogP contribution in [-0.4, -0.2) is 10.1 Å². The fraction of sp³-hybridized carbons (Fsp3) is 0.176. The van der Waals surface area contributed by atoms with E-state index in [4.69, 9.17) is 4.52 Å². The van der Waals surface area contributed by atoms with Crippen LogP contribution >= 0.6 is 0 Å². The largest absolute Gasteiger partial charge is 0.416 e. The molecular formula is C17H13F4N3O. The van der Waals surface area contributed by atoms with E-state index in [0.717, 1.165) is 17.7 Å². The molecule has 130 valence electrons. The standard InChI is InChI=1S/C17H13F4N3O/c1-10-2-7-14(13(18)8-10)22-9-15-23-16(24-25-15)11-3-5-12(6-4-11)17(19,20)21/h2-8,22H,9H2,1H3. The third-order valence-electron chi connectivity index (χ3n) is 3.49. The third kappa shape index (κ3) is 3.96. The summed E-state index contributed by atoms with van der Waals surface area (Å²) in [7, 11) is 0. The molecule has 3 rings (SSSR count). The number of hydrogen-bond donors (Lipinski definition) is 1. The molecule has 0 aliphatic rings. The van der Waals surface area contributed by atoms with Crippen LogP contribution < -0.4 is 5.32 Å². The van der Waals surface area contributed by atoms with E-state index >= 15 is 0 Å². The van der Waals surface area contributed by atoms with Crippen molar-refractivity contribution < 1.29 is 22.1 Å². The lowest BCUT2D eigenvalue weighted by Gasteiger charge is -2.06. The van der Waals surface area contributed by atoms with Crippen molar-refractivity contribution in [3.05, 3.63) is 65.3 Å². The topological polar surface area (TPSA) is 51.0 Å². The molecule has 1 aromatic heterocycles. The third-order valence-corrected chi connectivity index (χ3v) is 3.49. The molecule has 0 aliphatic carbocycles. The number of aryl methyl sites for hydroxylation is 1. The van der Waals surface area contributed by atoms with E-state index < -0.39 is 17.6 Å².